The first-order valence-corrected chi connectivity index (χ1v) is 9.85. The third-order valence-corrected chi connectivity index (χ3v) is 4.95. The maximum Gasteiger partial charge on any atom is 0.412 e. The summed E-state index contributed by atoms with van der Waals surface area (Å²) >= 11 is 0. The van der Waals surface area contributed by atoms with Gasteiger partial charge < -0.3 is 9.47 Å². The number of amidine groups is 1. The van der Waals surface area contributed by atoms with Crippen LogP contribution in [0.25, 0.3) is 11.4 Å². The van der Waals surface area contributed by atoms with Gasteiger partial charge in [0.05, 0.1) is 25.6 Å². The van der Waals surface area contributed by atoms with Gasteiger partial charge in [0, 0.05) is 23.9 Å². The molecule has 3 rings (SSSR count). The zero-order valence-corrected chi connectivity index (χ0v) is 18.0. The zero-order chi connectivity index (χ0) is 23.3. The molecule has 1 aromatic heterocycles. The first kappa shape index (κ1) is 22.5. The van der Waals surface area contributed by atoms with E-state index < -0.39 is 6.09 Å². The number of alkyl carbamates (subject to hydrolysis) is 1. The number of hydrogen-bond acceptors (Lipinski definition) is 6. The van der Waals surface area contributed by atoms with Crippen molar-refractivity contribution in [1.82, 2.24) is 14.5 Å². The van der Waals surface area contributed by atoms with E-state index in [1.807, 2.05) is 31.2 Å². The number of ether oxygens (including phenoxy) is 2. The molecule has 0 spiro atoms. The number of carbonyl (C=O) groups is 2. The Balaban J connectivity index is 1.82. The van der Waals surface area contributed by atoms with Crippen LogP contribution in [0, 0.1) is 12.3 Å². The summed E-state index contributed by atoms with van der Waals surface area (Å²) in [6, 6.07) is 14.1. The highest BCUT2D eigenvalue weighted by Crippen LogP contribution is 2.15. The van der Waals surface area contributed by atoms with E-state index in [1.165, 1.54) is 18.8 Å². The van der Waals surface area contributed by atoms with E-state index in [-0.39, 0.29) is 17.5 Å². The summed E-state index contributed by atoms with van der Waals surface area (Å²) in [5.41, 5.74) is 3.31. The molecule has 0 radical (unpaired) electrons. The minimum Gasteiger partial charge on any atom is -0.469 e. The summed E-state index contributed by atoms with van der Waals surface area (Å²) < 4.78 is 12.3. The van der Waals surface area contributed by atoms with E-state index >= 15 is 0 Å². The van der Waals surface area contributed by atoms with E-state index in [4.69, 9.17) is 5.41 Å². The van der Waals surface area contributed by atoms with Gasteiger partial charge in [-0.05, 0) is 55.3 Å². The molecule has 1 amide bonds. The molecule has 2 N–H and O–H groups in total. The Morgan fingerprint density at radius 1 is 0.969 bits per heavy atom. The van der Waals surface area contributed by atoms with Gasteiger partial charge in [0.25, 0.3) is 0 Å². The van der Waals surface area contributed by atoms with Crippen molar-refractivity contribution < 1.29 is 19.1 Å². The van der Waals surface area contributed by atoms with Gasteiger partial charge in [-0.15, -0.1) is 0 Å². The number of rotatable bonds is 6. The Morgan fingerprint density at radius 3 is 2.19 bits per heavy atom. The first-order chi connectivity index (χ1) is 15.3. The van der Waals surface area contributed by atoms with Gasteiger partial charge in [-0.25, -0.2) is 9.59 Å². The smallest absolute Gasteiger partial charge is 0.412 e. The third kappa shape index (κ3) is 4.94. The second-order valence-electron chi connectivity index (χ2n) is 7.04. The number of benzene rings is 2. The Morgan fingerprint density at radius 2 is 1.59 bits per heavy atom. The van der Waals surface area contributed by atoms with E-state index in [0.717, 1.165) is 11.3 Å². The van der Waals surface area contributed by atoms with Gasteiger partial charge in [-0.3, -0.25) is 24.7 Å². The van der Waals surface area contributed by atoms with Crippen LogP contribution in [-0.2, 0) is 20.7 Å². The monoisotopic (exact) mass is 436 g/mol. The molecular formula is C23H24N4O5. The van der Waals surface area contributed by atoms with Gasteiger partial charge in [0.15, 0.2) is 0 Å². The van der Waals surface area contributed by atoms with Crippen LogP contribution in [0.3, 0.4) is 0 Å². The quantitative estimate of drug-likeness (QED) is 0.350. The molecule has 0 fully saturated rings. The molecule has 0 saturated carbocycles. The molecule has 166 valence electrons. The number of amides is 1. The second kappa shape index (κ2) is 9.78. The van der Waals surface area contributed by atoms with Gasteiger partial charge in [-0.1, -0.05) is 12.1 Å². The van der Waals surface area contributed by atoms with Crippen molar-refractivity contribution in [1.29, 1.82) is 5.41 Å². The molecule has 9 nitrogen and oxygen atoms in total. The van der Waals surface area contributed by atoms with Crippen LogP contribution in [0.4, 0.5) is 4.79 Å². The molecule has 32 heavy (non-hydrogen) atoms. The molecule has 0 aliphatic rings. The Hall–Kier alpha value is -4.14. The summed E-state index contributed by atoms with van der Waals surface area (Å²) in [5, 5.41) is 10.2. The maximum absolute atomic E-state index is 13.1. The predicted octanol–water partition coefficient (Wildman–Crippen LogP) is 2.72. The summed E-state index contributed by atoms with van der Waals surface area (Å²) in [6.07, 6.45) is 1.88. The summed E-state index contributed by atoms with van der Waals surface area (Å²) in [4.78, 5) is 35.7. The highest BCUT2D eigenvalue weighted by Gasteiger charge is 2.13. The van der Waals surface area contributed by atoms with E-state index in [1.54, 1.807) is 35.0 Å². The summed E-state index contributed by atoms with van der Waals surface area (Å²) in [6.45, 7) is 1.84. The fourth-order valence-electron chi connectivity index (χ4n) is 3.23. The topological polar surface area (TPSA) is 115 Å². The Bertz CT molecular complexity index is 1190. The molecule has 0 saturated heterocycles. The Kier molecular flexibility index (Phi) is 6.89. The van der Waals surface area contributed by atoms with Crippen LogP contribution < -0.4 is 11.0 Å². The van der Waals surface area contributed by atoms with E-state index in [9.17, 15) is 14.4 Å². The number of esters is 1. The molecule has 0 aliphatic heterocycles. The predicted molar refractivity (Wildman–Crippen MR) is 119 cm³/mol. The zero-order valence-electron chi connectivity index (χ0n) is 18.0. The molecule has 1 heterocycles. The van der Waals surface area contributed by atoms with Gasteiger partial charge in [-0.2, -0.15) is 0 Å². The largest absolute Gasteiger partial charge is 0.469 e. The van der Waals surface area contributed by atoms with Crippen LogP contribution >= 0.6 is 0 Å². The maximum atomic E-state index is 13.1. The van der Waals surface area contributed by atoms with Crippen molar-refractivity contribution in [2.75, 3.05) is 14.2 Å². The van der Waals surface area contributed by atoms with Crippen molar-refractivity contribution in [3.63, 3.8) is 0 Å². The van der Waals surface area contributed by atoms with Gasteiger partial charge >= 0.3 is 17.8 Å². The van der Waals surface area contributed by atoms with Crippen LogP contribution in [0.2, 0.25) is 0 Å². The standard InChI is InChI=1S/C23H24N4O5/c1-15-14-26(18-11-7-17(8-12-18)21(24)25-22(29)32-3)23(30)27(15)19-9-4-16(5-10-19)6-13-20(28)31-2/h4-5,7-12,14H,6,13H2,1-3H3,(H2,24,25,29). The fraction of sp³-hybridized carbons (Fsp3) is 0.217. The summed E-state index contributed by atoms with van der Waals surface area (Å²) in [5.74, 6) is -0.364. The van der Waals surface area contributed by atoms with Crippen molar-refractivity contribution in [3.8, 4) is 11.4 Å². The first-order valence-electron chi connectivity index (χ1n) is 9.85. The number of aryl methyl sites for hydroxylation is 2. The lowest BCUT2D eigenvalue weighted by molar-refractivity contribution is -0.140. The highest BCUT2D eigenvalue weighted by molar-refractivity contribution is 6.04. The molecule has 3 aromatic rings. The van der Waals surface area contributed by atoms with Crippen molar-refractivity contribution in [3.05, 3.63) is 82.0 Å². The average Bonchev–Trinajstić information content (AvgIpc) is 3.11. The van der Waals surface area contributed by atoms with E-state index in [2.05, 4.69) is 14.8 Å². The van der Waals surface area contributed by atoms with Crippen molar-refractivity contribution in [2.45, 2.75) is 19.8 Å². The minimum absolute atomic E-state index is 0.100. The number of hydrogen-bond donors (Lipinski definition) is 2. The summed E-state index contributed by atoms with van der Waals surface area (Å²) in [7, 11) is 2.59. The van der Waals surface area contributed by atoms with Crippen molar-refractivity contribution >= 4 is 17.9 Å². The van der Waals surface area contributed by atoms with Crippen molar-refractivity contribution in [2.24, 2.45) is 0 Å². The molecular weight excluding hydrogens is 412 g/mol. The number of imidazole rings is 1. The Labute approximate surface area is 184 Å². The molecule has 0 unspecified atom stereocenters. The third-order valence-electron chi connectivity index (χ3n) is 4.95. The number of aromatic nitrogens is 2. The van der Waals surface area contributed by atoms with Crippen LogP contribution in [0.15, 0.2) is 59.5 Å². The number of nitrogens with zero attached hydrogens (tertiary/aromatic N) is 2. The normalized spacial score (nSPS) is 10.5. The van der Waals surface area contributed by atoms with Crippen LogP contribution in [0.5, 0.6) is 0 Å². The molecule has 0 atom stereocenters. The van der Waals surface area contributed by atoms with E-state index in [0.29, 0.717) is 29.8 Å². The number of carbonyl (C=O) groups excluding carboxylic acids is 2. The number of nitrogens with one attached hydrogen (secondary N) is 2. The lowest BCUT2D eigenvalue weighted by Gasteiger charge is -2.07. The average molecular weight is 436 g/mol. The molecule has 2 aromatic carbocycles. The second-order valence-corrected chi connectivity index (χ2v) is 7.04. The lowest BCUT2D eigenvalue weighted by atomic mass is 10.1. The molecule has 9 heteroatoms. The minimum atomic E-state index is -0.723. The molecule has 0 bridgehead atoms. The van der Waals surface area contributed by atoms with Crippen LogP contribution in [0.1, 0.15) is 23.2 Å². The highest BCUT2D eigenvalue weighted by atomic mass is 16.5. The SMILES string of the molecule is COC(=O)CCc1ccc(-n2c(C)cn(-c3ccc(C(=N)NC(=O)OC)cc3)c2=O)cc1. The lowest BCUT2D eigenvalue weighted by Crippen LogP contribution is -2.30. The van der Waals surface area contributed by atoms with Gasteiger partial charge in [0.1, 0.15) is 5.84 Å². The number of methoxy groups -OCH3 is 2. The van der Waals surface area contributed by atoms with Crippen LogP contribution in [-0.4, -0.2) is 41.3 Å². The van der Waals surface area contributed by atoms with Gasteiger partial charge in [0.2, 0.25) is 0 Å². The fourth-order valence-corrected chi connectivity index (χ4v) is 3.23. The molecule has 0 aliphatic carbocycles.